The van der Waals surface area contributed by atoms with Crippen molar-refractivity contribution in [2.75, 3.05) is 32.7 Å². The molecular weight excluding hydrogens is 824 g/mol. The van der Waals surface area contributed by atoms with E-state index in [1.54, 1.807) is 48.5 Å². The highest BCUT2D eigenvalue weighted by Gasteiger charge is 2.25. The van der Waals surface area contributed by atoms with Crippen LogP contribution in [0.15, 0.2) is 83.7 Å². The van der Waals surface area contributed by atoms with Gasteiger partial charge in [0.1, 0.15) is 23.3 Å². The van der Waals surface area contributed by atoms with E-state index in [-0.39, 0.29) is 53.1 Å². The molecule has 1 saturated carbocycles. The van der Waals surface area contributed by atoms with E-state index in [0.717, 1.165) is 31.2 Å². The number of nitriles is 1. The van der Waals surface area contributed by atoms with Crippen LogP contribution < -0.4 is 21.1 Å². The first-order valence-electron chi connectivity index (χ1n) is 21.3. The molecule has 3 amide bonds. The molecule has 2 heterocycles. The number of piperazine rings is 1. The van der Waals surface area contributed by atoms with Crippen molar-refractivity contribution in [1.82, 2.24) is 35.2 Å². The topological polar surface area (TPSA) is 206 Å². The van der Waals surface area contributed by atoms with Gasteiger partial charge in [-0.25, -0.2) is 14.5 Å². The summed E-state index contributed by atoms with van der Waals surface area (Å²) in [6.45, 7) is 7.45. The molecule has 1 aromatic heterocycles. The van der Waals surface area contributed by atoms with Gasteiger partial charge in [-0.05, 0) is 104 Å². The second-order valence-corrected chi connectivity index (χ2v) is 16.8. The average molecular weight is 875 g/mol. The predicted molar refractivity (Wildman–Crippen MR) is 237 cm³/mol. The van der Waals surface area contributed by atoms with Crippen LogP contribution in [-0.4, -0.2) is 97.4 Å². The number of phenolic OH excluding ortho intramolecular Hbond substituents is 2. The first-order valence-corrected chi connectivity index (χ1v) is 21.6. The van der Waals surface area contributed by atoms with E-state index in [2.05, 4.69) is 25.7 Å². The third-order valence-corrected chi connectivity index (χ3v) is 12.0. The fourth-order valence-corrected chi connectivity index (χ4v) is 8.25. The molecule has 328 valence electrons. The number of halogens is 1. The normalized spacial score (nSPS) is 16.7. The Morgan fingerprint density at radius 3 is 2.24 bits per heavy atom. The van der Waals surface area contributed by atoms with E-state index in [1.165, 1.54) is 10.6 Å². The van der Waals surface area contributed by atoms with Crippen LogP contribution in [0.3, 0.4) is 0 Å². The zero-order valence-corrected chi connectivity index (χ0v) is 36.0. The Bertz CT molecular complexity index is 2530. The average Bonchev–Trinajstić information content (AvgIpc) is 3.66. The predicted octanol–water partition coefficient (Wildman–Crippen LogP) is 6.26. The number of ether oxygens (including phenoxy) is 1. The number of aromatic nitrogens is 3. The van der Waals surface area contributed by atoms with Gasteiger partial charge in [0.25, 0.3) is 11.8 Å². The van der Waals surface area contributed by atoms with Crippen LogP contribution >= 0.6 is 11.6 Å². The van der Waals surface area contributed by atoms with Crippen LogP contribution in [0, 0.1) is 11.3 Å². The molecule has 0 radical (unpaired) electrons. The van der Waals surface area contributed by atoms with Gasteiger partial charge in [-0.1, -0.05) is 37.6 Å². The molecule has 1 aliphatic heterocycles. The number of aromatic amines is 1. The van der Waals surface area contributed by atoms with Crippen molar-refractivity contribution in [3.63, 3.8) is 0 Å². The molecule has 63 heavy (non-hydrogen) atoms. The SMILES string of the molecule is CC(C)c1cc(-c2n[nH]c(=O)n2-c2ccc(CN3CCN(C(=O)CCCNC(=O)c4ccc(C(=O)NC5CCC(Oc6ccc(C#N)c(Cl)c6)CC5)cc4)CC3)cc2)c(O)cc1O. The second-order valence-electron chi connectivity index (χ2n) is 16.3. The molecule has 7 rings (SSSR count). The van der Waals surface area contributed by atoms with Gasteiger partial charge < -0.3 is 30.5 Å². The number of rotatable bonds is 14. The Morgan fingerprint density at radius 2 is 1.59 bits per heavy atom. The molecule has 16 heteroatoms. The number of nitrogens with zero attached hydrogens (tertiary/aromatic N) is 5. The van der Waals surface area contributed by atoms with Crippen molar-refractivity contribution in [2.45, 2.75) is 77.0 Å². The smallest absolute Gasteiger partial charge is 0.348 e. The van der Waals surface area contributed by atoms with E-state index in [9.17, 15) is 29.4 Å². The number of aromatic hydroxyl groups is 2. The Hall–Kier alpha value is -6.63. The Labute approximate surface area is 370 Å². The van der Waals surface area contributed by atoms with Crippen LogP contribution in [0.4, 0.5) is 0 Å². The van der Waals surface area contributed by atoms with E-state index >= 15 is 0 Å². The van der Waals surface area contributed by atoms with Crippen LogP contribution in [-0.2, 0) is 11.3 Å². The third-order valence-electron chi connectivity index (χ3n) is 11.6. The fourth-order valence-electron chi connectivity index (χ4n) is 8.04. The first kappa shape index (κ1) is 44.4. The van der Waals surface area contributed by atoms with Crippen molar-refractivity contribution >= 4 is 29.3 Å². The Kier molecular flexibility index (Phi) is 14.1. The molecule has 2 fully saturated rings. The van der Waals surface area contributed by atoms with E-state index < -0.39 is 5.69 Å². The lowest BCUT2D eigenvalue weighted by atomic mass is 9.92. The standard InChI is InChI=1S/C47H51ClN8O7/c1-29(2)38-25-39(42(58)26-41(38)57)44-52-53-47(62)56(44)35-14-5-30(6-15-35)28-54-20-22-55(23-21-54)43(59)4-3-19-50-45(60)31-7-9-32(10-8-31)46(61)51-34-12-17-36(18-13-34)63-37-16-11-33(27-49)40(48)24-37/h5-11,14-16,24-26,29,34,36,57-58H,3-4,12-13,17-23,28H2,1-2H3,(H,50,60)(H,51,61)(H,53,62). The molecule has 2 aliphatic rings. The minimum atomic E-state index is -0.458. The summed E-state index contributed by atoms with van der Waals surface area (Å²) < 4.78 is 7.44. The minimum absolute atomic E-state index is 0.00414. The minimum Gasteiger partial charge on any atom is -0.508 e. The summed E-state index contributed by atoms with van der Waals surface area (Å²) in [5.41, 5.74) is 3.40. The molecular formula is C47H51ClN8O7. The zero-order valence-electron chi connectivity index (χ0n) is 35.3. The van der Waals surface area contributed by atoms with Crippen LogP contribution in [0.25, 0.3) is 17.1 Å². The third kappa shape index (κ3) is 10.9. The van der Waals surface area contributed by atoms with Gasteiger partial charge in [0.2, 0.25) is 5.91 Å². The van der Waals surface area contributed by atoms with Gasteiger partial charge in [-0.15, -0.1) is 0 Å². The van der Waals surface area contributed by atoms with E-state index in [0.29, 0.717) is 96.4 Å². The van der Waals surface area contributed by atoms with Crippen molar-refractivity contribution < 1.29 is 29.3 Å². The van der Waals surface area contributed by atoms with Gasteiger partial charge in [0, 0.05) is 75.0 Å². The summed E-state index contributed by atoms with van der Waals surface area (Å²) in [4.78, 5) is 55.8. The number of benzene rings is 4. The molecule has 0 bridgehead atoms. The number of amides is 3. The summed E-state index contributed by atoms with van der Waals surface area (Å²) >= 11 is 6.13. The number of hydrogen-bond acceptors (Lipinski definition) is 10. The van der Waals surface area contributed by atoms with Crippen molar-refractivity contribution in [3.05, 3.63) is 122 Å². The van der Waals surface area contributed by atoms with Crippen molar-refractivity contribution in [2.24, 2.45) is 0 Å². The molecule has 0 unspecified atom stereocenters. The van der Waals surface area contributed by atoms with E-state index in [1.807, 2.05) is 49.1 Å². The molecule has 5 N–H and O–H groups in total. The largest absolute Gasteiger partial charge is 0.508 e. The first-order chi connectivity index (χ1) is 30.4. The summed E-state index contributed by atoms with van der Waals surface area (Å²) in [5.74, 6) is 0.199. The second kappa shape index (κ2) is 20.0. The van der Waals surface area contributed by atoms with Crippen molar-refractivity contribution in [1.29, 1.82) is 5.26 Å². The van der Waals surface area contributed by atoms with Crippen LogP contribution in [0.5, 0.6) is 17.2 Å². The quantitative estimate of drug-likeness (QED) is 0.0792. The Balaban J connectivity index is 0.796. The lowest BCUT2D eigenvalue weighted by Crippen LogP contribution is -2.48. The van der Waals surface area contributed by atoms with Crippen LogP contribution in [0.2, 0.25) is 5.02 Å². The summed E-state index contributed by atoms with van der Waals surface area (Å²) in [7, 11) is 0. The van der Waals surface area contributed by atoms with E-state index in [4.69, 9.17) is 21.6 Å². The molecule has 1 aliphatic carbocycles. The monoisotopic (exact) mass is 874 g/mol. The Morgan fingerprint density at radius 1 is 0.905 bits per heavy atom. The summed E-state index contributed by atoms with van der Waals surface area (Å²) in [6, 6.07) is 24.1. The van der Waals surface area contributed by atoms with Gasteiger partial charge in [0.15, 0.2) is 5.82 Å². The molecule has 1 saturated heterocycles. The highest BCUT2D eigenvalue weighted by molar-refractivity contribution is 6.31. The number of nitrogens with one attached hydrogen (secondary N) is 3. The maximum atomic E-state index is 13.0. The summed E-state index contributed by atoms with van der Waals surface area (Å²) in [6.07, 6.45) is 3.86. The van der Waals surface area contributed by atoms with Gasteiger partial charge >= 0.3 is 5.69 Å². The molecule has 4 aromatic carbocycles. The zero-order chi connectivity index (χ0) is 44.6. The molecule has 0 spiro atoms. The highest BCUT2D eigenvalue weighted by Crippen LogP contribution is 2.37. The fraction of sp³-hybridized carbons (Fsp3) is 0.362. The lowest BCUT2D eigenvalue weighted by Gasteiger charge is -2.35. The molecule has 5 aromatic rings. The van der Waals surface area contributed by atoms with Crippen molar-refractivity contribution in [3.8, 4) is 40.4 Å². The summed E-state index contributed by atoms with van der Waals surface area (Å²) in [5, 5.41) is 43.0. The highest BCUT2D eigenvalue weighted by atomic mass is 35.5. The number of carbonyl (C=O) groups is 3. The van der Waals surface area contributed by atoms with Crippen LogP contribution in [0.1, 0.15) is 95.7 Å². The lowest BCUT2D eigenvalue weighted by molar-refractivity contribution is -0.133. The number of phenols is 2. The number of carbonyl (C=O) groups excluding carboxylic acids is 3. The molecule has 15 nitrogen and oxygen atoms in total. The molecule has 0 atom stereocenters. The number of H-pyrrole nitrogens is 1. The van der Waals surface area contributed by atoms with Gasteiger partial charge in [0.05, 0.1) is 27.9 Å². The maximum Gasteiger partial charge on any atom is 0.348 e. The number of hydrogen-bond donors (Lipinski definition) is 5. The van der Waals surface area contributed by atoms with Gasteiger partial charge in [-0.3, -0.25) is 19.3 Å². The maximum absolute atomic E-state index is 13.0. The van der Waals surface area contributed by atoms with Gasteiger partial charge in [-0.2, -0.15) is 10.4 Å².